The number of nitrogens with one attached hydrogen (secondary N) is 1. The largest absolute Gasteiger partial charge is 0.399 e. The molecular formula is C12H19FN2O4S. The summed E-state index contributed by atoms with van der Waals surface area (Å²) in [6.45, 7) is 1.99. The molecule has 0 saturated heterocycles. The number of nitrogen functional groups attached to an aromatic ring is 1. The molecule has 1 rings (SSSR count). The topological polar surface area (TPSA) is 102 Å². The Morgan fingerprint density at radius 3 is 2.75 bits per heavy atom. The van der Waals surface area contributed by atoms with E-state index in [4.69, 9.17) is 15.6 Å². The first kappa shape index (κ1) is 16.8. The van der Waals surface area contributed by atoms with E-state index in [1.807, 2.05) is 0 Å². The molecule has 114 valence electrons. The van der Waals surface area contributed by atoms with E-state index in [0.717, 1.165) is 6.07 Å². The number of anilines is 1. The van der Waals surface area contributed by atoms with Crippen LogP contribution in [-0.4, -0.2) is 39.9 Å². The lowest BCUT2D eigenvalue weighted by molar-refractivity contribution is 0.0913. The van der Waals surface area contributed by atoms with Crippen molar-refractivity contribution in [3.05, 3.63) is 23.5 Å². The van der Waals surface area contributed by atoms with E-state index >= 15 is 0 Å². The Labute approximate surface area is 117 Å². The van der Waals surface area contributed by atoms with E-state index in [9.17, 15) is 12.8 Å². The standard InChI is InChI=1S/C12H19FN2O4S/c1-9-7-10(14)8-11(12(9)13)20(17,18)15-3-2-5-19-6-4-16/h7-8,15-16H,2-6,14H2,1H3. The number of sulfonamides is 1. The summed E-state index contributed by atoms with van der Waals surface area (Å²) in [7, 11) is -3.94. The minimum Gasteiger partial charge on any atom is -0.399 e. The number of aliphatic hydroxyl groups excluding tert-OH is 1. The second kappa shape index (κ2) is 7.53. The maximum Gasteiger partial charge on any atom is 0.243 e. The average molecular weight is 306 g/mol. The molecule has 4 N–H and O–H groups in total. The normalized spacial score (nSPS) is 11.8. The monoisotopic (exact) mass is 306 g/mol. The summed E-state index contributed by atoms with van der Waals surface area (Å²) in [5.41, 5.74) is 5.90. The Kier molecular flexibility index (Phi) is 6.34. The number of hydrogen-bond acceptors (Lipinski definition) is 5. The molecule has 20 heavy (non-hydrogen) atoms. The lowest BCUT2D eigenvalue weighted by Gasteiger charge is -2.10. The third-order valence-corrected chi connectivity index (χ3v) is 3.99. The molecule has 0 aliphatic heterocycles. The van der Waals surface area contributed by atoms with Gasteiger partial charge < -0.3 is 15.6 Å². The van der Waals surface area contributed by atoms with Crippen molar-refractivity contribution in [2.24, 2.45) is 0 Å². The summed E-state index contributed by atoms with van der Waals surface area (Å²) >= 11 is 0. The Morgan fingerprint density at radius 1 is 1.40 bits per heavy atom. The van der Waals surface area contributed by atoms with Crippen molar-refractivity contribution < 1.29 is 22.7 Å². The van der Waals surface area contributed by atoms with Crippen molar-refractivity contribution in [1.82, 2.24) is 4.72 Å². The van der Waals surface area contributed by atoms with Crippen molar-refractivity contribution in [2.45, 2.75) is 18.2 Å². The number of aliphatic hydroxyl groups is 1. The van der Waals surface area contributed by atoms with Crippen molar-refractivity contribution in [3.63, 3.8) is 0 Å². The molecule has 0 radical (unpaired) electrons. The zero-order valence-electron chi connectivity index (χ0n) is 11.2. The molecule has 1 aromatic carbocycles. The van der Waals surface area contributed by atoms with Crippen LogP contribution in [-0.2, 0) is 14.8 Å². The van der Waals surface area contributed by atoms with Gasteiger partial charge in [-0.2, -0.15) is 0 Å². The summed E-state index contributed by atoms with van der Waals surface area (Å²) in [5, 5.41) is 8.49. The molecule has 0 bridgehead atoms. The van der Waals surface area contributed by atoms with E-state index in [1.165, 1.54) is 13.0 Å². The van der Waals surface area contributed by atoms with Gasteiger partial charge >= 0.3 is 0 Å². The Balaban J connectivity index is 2.65. The smallest absolute Gasteiger partial charge is 0.243 e. The van der Waals surface area contributed by atoms with Crippen LogP contribution in [0.5, 0.6) is 0 Å². The number of benzene rings is 1. The molecule has 1 aromatic rings. The first-order valence-corrected chi connectivity index (χ1v) is 7.60. The fourth-order valence-corrected chi connectivity index (χ4v) is 2.84. The molecule has 6 nitrogen and oxygen atoms in total. The van der Waals surface area contributed by atoms with Gasteiger partial charge in [-0.3, -0.25) is 0 Å². The zero-order valence-corrected chi connectivity index (χ0v) is 12.0. The molecule has 8 heteroatoms. The van der Waals surface area contributed by atoms with Gasteiger partial charge in [0.2, 0.25) is 10.0 Å². The minimum atomic E-state index is -3.94. The molecular weight excluding hydrogens is 287 g/mol. The Hall–Kier alpha value is -1.22. The van der Waals surface area contributed by atoms with Gasteiger partial charge in [0.05, 0.1) is 13.2 Å². The molecule has 0 fully saturated rings. The van der Waals surface area contributed by atoms with Crippen LogP contribution in [0.15, 0.2) is 17.0 Å². The van der Waals surface area contributed by atoms with Gasteiger partial charge in [0, 0.05) is 18.8 Å². The van der Waals surface area contributed by atoms with E-state index in [2.05, 4.69) is 4.72 Å². The zero-order chi connectivity index (χ0) is 15.2. The fourth-order valence-electron chi connectivity index (χ4n) is 1.58. The highest BCUT2D eigenvalue weighted by Gasteiger charge is 2.20. The highest BCUT2D eigenvalue weighted by molar-refractivity contribution is 7.89. The number of hydrogen-bond donors (Lipinski definition) is 3. The molecule has 0 amide bonds. The molecule has 0 aliphatic carbocycles. The van der Waals surface area contributed by atoms with Crippen LogP contribution in [0, 0.1) is 12.7 Å². The summed E-state index contributed by atoms with van der Waals surface area (Å²) in [4.78, 5) is -0.453. The van der Waals surface area contributed by atoms with Crippen molar-refractivity contribution in [2.75, 3.05) is 32.1 Å². The van der Waals surface area contributed by atoms with Crippen LogP contribution in [0.25, 0.3) is 0 Å². The summed E-state index contributed by atoms with van der Waals surface area (Å²) in [6.07, 6.45) is 0.419. The second-order valence-corrected chi connectivity index (χ2v) is 5.97. The lowest BCUT2D eigenvalue weighted by Crippen LogP contribution is -2.27. The predicted molar refractivity (Wildman–Crippen MR) is 73.3 cm³/mol. The molecule has 0 aliphatic rings. The van der Waals surface area contributed by atoms with Gasteiger partial charge in [-0.05, 0) is 31.0 Å². The number of aryl methyl sites for hydroxylation is 1. The van der Waals surface area contributed by atoms with Crippen LogP contribution in [0.3, 0.4) is 0 Å². The van der Waals surface area contributed by atoms with Crippen LogP contribution < -0.4 is 10.5 Å². The third-order valence-electron chi connectivity index (χ3n) is 2.53. The van der Waals surface area contributed by atoms with Gasteiger partial charge in [0.25, 0.3) is 0 Å². The van der Waals surface area contributed by atoms with Crippen molar-refractivity contribution in [3.8, 4) is 0 Å². The predicted octanol–water partition coefficient (Wildman–Crippen LogP) is 0.394. The molecule has 0 unspecified atom stereocenters. The lowest BCUT2D eigenvalue weighted by atomic mass is 10.2. The van der Waals surface area contributed by atoms with E-state index in [0.29, 0.717) is 13.0 Å². The van der Waals surface area contributed by atoms with Gasteiger partial charge in [-0.15, -0.1) is 0 Å². The number of halogens is 1. The van der Waals surface area contributed by atoms with Crippen molar-refractivity contribution >= 4 is 15.7 Å². The minimum absolute atomic E-state index is 0.0838. The van der Waals surface area contributed by atoms with Crippen molar-refractivity contribution in [1.29, 1.82) is 0 Å². The second-order valence-electron chi connectivity index (χ2n) is 4.24. The van der Waals surface area contributed by atoms with Gasteiger partial charge in [-0.1, -0.05) is 0 Å². The first-order valence-electron chi connectivity index (χ1n) is 6.12. The molecule has 0 spiro atoms. The summed E-state index contributed by atoms with van der Waals surface area (Å²) in [6, 6.07) is 2.46. The SMILES string of the molecule is Cc1cc(N)cc(S(=O)(=O)NCCCOCCO)c1F. The highest BCUT2D eigenvalue weighted by Crippen LogP contribution is 2.21. The van der Waals surface area contributed by atoms with Gasteiger partial charge in [-0.25, -0.2) is 17.5 Å². The summed E-state index contributed by atoms with van der Waals surface area (Å²) in [5.74, 6) is -0.803. The maximum absolute atomic E-state index is 13.8. The molecule has 0 atom stereocenters. The Bertz CT molecular complexity index is 549. The first-order chi connectivity index (χ1) is 9.38. The quantitative estimate of drug-likeness (QED) is 0.476. The Morgan fingerprint density at radius 2 is 2.10 bits per heavy atom. The molecule has 0 saturated carbocycles. The van der Waals surface area contributed by atoms with Gasteiger partial charge in [0.15, 0.2) is 0 Å². The fraction of sp³-hybridized carbons (Fsp3) is 0.500. The number of rotatable bonds is 8. The van der Waals surface area contributed by atoms with Gasteiger partial charge in [0.1, 0.15) is 10.7 Å². The van der Waals surface area contributed by atoms with Crippen LogP contribution in [0.2, 0.25) is 0 Å². The number of ether oxygens (including phenoxy) is 1. The highest BCUT2D eigenvalue weighted by atomic mass is 32.2. The summed E-state index contributed by atoms with van der Waals surface area (Å²) < 4.78 is 45.0. The molecule has 0 heterocycles. The number of nitrogens with two attached hydrogens (primary N) is 1. The van der Waals surface area contributed by atoms with E-state index in [1.54, 1.807) is 0 Å². The van der Waals surface area contributed by atoms with Crippen LogP contribution >= 0.6 is 0 Å². The van der Waals surface area contributed by atoms with Crippen LogP contribution in [0.4, 0.5) is 10.1 Å². The van der Waals surface area contributed by atoms with E-state index < -0.39 is 20.7 Å². The van der Waals surface area contributed by atoms with E-state index in [-0.39, 0.29) is 31.0 Å². The molecule has 0 aromatic heterocycles. The van der Waals surface area contributed by atoms with Crippen LogP contribution in [0.1, 0.15) is 12.0 Å². The maximum atomic E-state index is 13.8. The third kappa shape index (κ3) is 4.71. The average Bonchev–Trinajstić information content (AvgIpc) is 2.37.